The van der Waals surface area contributed by atoms with Crippen LogP contribution in [0.15, 0.2) is 23.0 Å². The second-order valence-electron chi connectivity index (χ2n) is 9.35. The molecule has 0 radical (unpaired) electrons. The van der Waals surface area contributed by atoms with Gasteiger partial charge in [0.25, 0.3) is 0 Å². The number of rotatable bonds is 7. The largest absolute Gasteiger partial charge is 0.472 e. The fraction of sp³-hybridized carbons (Fsp3) is 0.826. The van der Waals surface area contributed by atoms with Crippen LogP contribution in [-0.4, -0.2) is 36.0 Å². The van der Waals surface area contributed by atoms with Crippen molar-refractivity contribution in [3.8, 4) is 0 Å². The molecule has 3 fully saturated rings. The Hall–Kier alpha value is -0.410. The molecule has 1 aromatic rings. The van der Waals surface area contributed by atoms with Gasteiger partial charge in [0.15, 0.2) is 0 Å². The molecule has 0 amide bonds. The van der Waals surface area contributed by atoms with Crippen molar-refractivity contribution in [2.75, 3.05) is 31.1 Å². The Bertz CT molecular complexity index is 504. The predicted octanol–water partition coefficient (Wildman–Crippen LogP) is 6.02. The molecule has 26 heavy (non-hydrogen) atoms. The Morgan fingerprint density at radius 2 is 1.69 bits per heavy atom. The summed E-state index contributed by atoms with van der Waals surface area (Å²) in [4.78, 5) is 2.66. The van der Waals surface area contributed by atoms with Gasteiger partial charge >= 0.3 is 0 Å². The molecule has 0 atom stereocenters. The average Bonchev–Trinajstić information content (AvgIpc) is 3.37. The lowest BCUT2D eigenvalue weighted by Crippen LogP contribution is -2.33. The fourth-order valence-electron chi connectivity index (χ4n) is 5.64. The average molecular weight is 376 g/mol. The fourth-order valence-corrected chi connectivity index (χ4v) is 6.86. The molecule has 1 aromatic heterocycles. The number of nitrogens with zero attached hydrogens (tertiary/aromatic N) is 1. The maximum atomic E-state index is 5.24. The van der Waals surface area contributed by atoms with E-state index in [1.165, 1.54) is 107 Å². The van der Waals surface area contributed by atoms with E-state index in [4.69, 9.17) is 4.42 Å². The zero-order valence-electron chi connectivity index (χ0n) is 16.5. The molecule has 3 heteroatoms. The monoisotopic (exact) mass is 375 g/mol. The summed E-state index contributed by atoms with van der Waals surface area (Å²) in [5.41, 5.74) is 2.13. The van der Waals surface area contributed by atoms with Crippen molar-refractivity contribution in [1.82, 2.24) is 4.90 Å². The van der Waals surface area contributed by atoms with Gasteiger partial charge in [-0.1, -0.05) is 0 Å². The molecule has 0 bridgehead atoms. The molecule has 1 aliphatic heterocycles. The summed E-state index contributed by atoms with van der Waals surface area (Å²) < 4.78 is 5.24. The van der Waals surface area contributed by atoms with Crippen molar-refractivity contribution in [2.24, 2.45) is 17.3 Å². The van der Waals surface area contributed by atoms with Crippen molar-refractivity contribution in [3.05, 3.63) is 24.2 Å². The van der Waals surface area contributed by atoms with Crippen LogP contribution in [0, 0.1) is 17.3 Å². The third kappa shape index (κ3) is 5.10. The summed E-state index contributed by atoms with van der Waals surface area (Å²) in [6.07, 6.45) is 19.8. The third-order valence-corrected chi connectivity index (χ3v) is 8.72. The highest BCUT2D eigenvalue weighted by Crippen LogP contribution is 2.50. The molecule has 2 nitrogen and oxygen atoms in total. The number of hydrogen-bond donors (Lipinski definition) is 0. The van der Waals surface area contributed by atoms with E-state index < -0.39 is 0 Å². The van der Waals surface area contributed by atoms with Crippen LogP contribution in [0.4, 0.5) is 0 Å². The maximum absolute atomic E-state index is 5.24. The minimum absolute atomic E-state index is 0.726. The van der Waals surface area contributed by atoms with E-state index in [2.05, 4.69) is 22.7 Å². The standard InChI is InChI=1S/C23H37NOS/c1-2-13-24(12-1)14-16-26-19-21-5-10-23(11-6-21)8-3-20(4-9-23)17-22-7-15-25-18-22/h7,15,18,20-21H,1-6,8-14,16-17,19H2. The van der Waals surface area contributed by atoms with Crippen LogP contribution in [-0.2, 0) is 6.42 Å². The zero-order chi connectivity index (χ0) is 17.7. The lowest BCUT2D eigenvalue weighted by Gasteiger charge is -2.45. The minimum atomic E-state index is 0.726. The van der Waals surface area contributed by atoms with Crippen LogP contribution in [0.5, 0.6) is 0 Å². The second kappa shape index (κ2) is 9.19. The summed E-state index contributed by atoms with van der Waals surface area (Å²) in [5.74, 6) is 4.69. The summed E-state index contributed by atoms with van der Waals surface area (Å²) in [6, 6.07) is 2.15. The summed E-state index contributed by atoms with van der Waals surface area (Å²) in [6.45, 7) is 4.04. The molecule has 2 saturated carbocycles. The maximum Gasteiger partial charge on any atom is 0.0934 e. The van der Waals surface area contributed by atoms with Gasteiger partial charge in [0.2, 0.25) is 0 Å². The quantitative estimate of drug-likeness (QED) is 0.542. The Kier molecular flexibility index (Phi) is 6.69. The highest BCUT2D eigenvalue weighted by molar-refractivity contribution is 7.99. The Labute approximate surface area is 164 Å². The van der Waals surface area contributed by atoms with Crippen LogP contribution in [0.2, 0.25) is 0 Å². The van der Waals surface area contributed by atoms with E-state index >= 15 is 0 Å². The van der Waals surface area contributed by atoms with E-state index in [-0.39, 0.29) is 0 Å². The van der Waals surface area contributed by atoms with Gasteiger partial charge in [-0.3, -0.25) is 0 Å². The molecule has 0 aromatic carbocycles. The number of hydrogen-bond acceptors (Lipinski definition) is 3. The van der Waals surface area contributed by atoms with Crippen LogP contribution in [0.25, 0.3) is 0 Å². The van der Waals surface area contributed by atoms with Crippen LogP contribution in [0.1, 0.15) is 69.8 Å². The molecule has 4 rings (SSSR count). The Morgan fingerprint density at radius 1 is 1.00 bits per heavy atom. The highest BCUT2D eigenvalue weighted by Gasteiger charge is 2.38. The molecular weight excluding hydrogens is 338 g/mol. The van der Waals surface area contributed by atoms with E-state index in [0.29, 0.717) is 0 Å². The number of likely N-dealkylation sites (tertiary alicyclic amines) is 1. The normalized spacial score (nSPS) is 33.1. The molecule has 1 saturated heterocycles. The molecule has 0 N–H and O–H groups in total. The molecule has 0 unspecified atom stereocenters. The highest BCUT2D eigenvalue weighted by atomic mass is 32.2. The summed E-state index contributed by atoms with van der Waals surface area (Å²) in [7, 11) is 0. The van der Waals surface area contributed by atoms with Crippen LogP contribution < -0.4 is 0 Å². The topological polar surface area (TPSA) is 16.4 Å². The van der Waals surface area contributed by atoms with E-state index in [9.17, 15) is 0 Å². The van der Waals surface area contributed by atoms with Gasteiger partial charge in [0.05, 0.1) is 12.5 Å². The van der Waals surface area contributed by atoms with Crippen molar-refractivity contribution in [1.29, 1.82) is 0 Å². The Morgan fingerprint density at radius 3 is 2.35 bits per heavy atom. The smallest absolute Gasteiger partial charge is 0.0934 e. The summed E-state index contributed by atoms with van der Waals surface area (Å²) >= 11 is 2.23. The van der Waals surface area contributed by atoms with Gasteiger partial charge in [0.1, 0.15) is 0 Å². The first-order chi connectivity index (χ1) is 12.8. The number of furan rings is 1. The van der Waals surface area contributed by atoms with E-state index in [1.54, 1.807) is 0 Å². The molecule has 3 aliphatic rings. The van der Waals surface area contributed by atoms with Crippen molar-refractivity contribution in [2.45, 2.75) is 70.6 Å². The van der Waals surface area contributed by atoms with Crippen LogP contribution >= 0.6 is 11.8 Å². The van der Waals surface area contributed by atoms with E-state index in [0.717, 1.165) is 17.3 Å². The summed E-state index contributed by atoms with van der Waals surface area (Å²) in [5, 5.41) is 0. The lowest BCUT2D eigenvalue weighted by atomic mass is 9.61. The van der Waals surface area contributed by atoms with Gasteiger partial charge in [-0.05, 0) is 118 Å². The number of thioether (sulfide) groups is 1. The predicted molar refractivity (Wildman–Crippen MR) is 112 cm³/mol. The lowest BCUT2D eigenvalue weighted by molar-refractivity contribution is 0.0802. The van der Waals surface area contributed by atoms with Crippen molar-refractivity contribution in [3.63, 3.8) is 0 Å². The second-order valence-corrected chi connectivity index (χ2v) is 10.5. The molecule has 2 heterocycles. The molecule has 146 valence electrons. The first kappa shape index (κ1) is 18.9. The Balaban J connectivity index is 1.11. The van der Waals surface area contributed by atoms with Crippen molar-refractivity contribution < 1.29 is 4.42 Å². The van der Waals surface area contributed by atoms with Gasteiger partial charge < -0.3 is 9.32 Å². The van der Waals surface area contributed by atoms with E-state index in [1.807, 2.05) is 12.5 Å². The van der Waals surface area contributed by atoms with Crippen LogP contribution in [0.3, 0.4) is 0 Å². The first-order valence-electron chi connectivity index (χ1n) is 11.1. The van der Waals surface area contributed by atoms with Crippen molar-refractivity contribution >= 4 is 11.8 Å². The first-order valence-corrected chi connectivity index (χ1v) is 12.3. The molecule has 2 aliphatic carbocycles. The molecule has 1 spiro atoms. The van der Waals surface area contributed by atoms with Gasteiger partial charge in [-0.25, -0.2) is 0 Å². The third-order valence-electron chi connectivity index (χ3n) is 7.54. The van der Waals surface area contributed by atoms with Gasteiger partial charge in [-0.15, -0.1) is 0 Å². The molecular formula is C23H37NOS. The SMILES string of the molecule is c1cc(CC2CCC3(CCC(CSCCN4CCCC4)CC3)CC2)co1. The van der Waals surface area contributed by atoms with Gasteiger partial charge in [-0.2, -0.15) is 11.8 Å². The minimum Gasteiger partial charge on any atom is -0.472 e. The van der Waals surface area contributed by atoms with Gasteiger partial charge in [0, 0.05) is 12.3 Å². The zero-order valence-corrected chi connectivity index (χ0v) is 17.3.